The molecule has 5 nitrogen and oxygen atoms in total. The van der Waals surface area contributed by atoms with Crippen molar-refractivity contribution in [1.82, 2.24) is 8.61 Å². The molecule has 1 fully saturated rings. The minimum atomic E-state index is -3.41. The molecule has 0 radical (unpaired) electrons. The first-order chi connectivity index (χ1) is 9.95. The summed E-state index contributed by atoms with van der Waals surface area (Å²) < 4.78 is 28.9. The van der Waals surface area contributed by atoms with Gasteiger partial charge in [-0.1, -0.05) is 25.5 Å². The molecule has 1 aromatic rings. The lowest BCUT2D eigenvalue weighted by atomic mass is 10.1. The third-order valence-electron chi connectivity index (χ3n) is 4.03. The molecule has 1 heterocycles. The summed E-state index contributed by atoms with van der Waals surface area (Å²) in [6, 6.07) is 7.49. The van der Waals surface area contributed by atoms with Crippen molar-refractivity contribution in [1.29, 1.82) is 0 Å². The van der Waals surface area contributed by atoms with Gasteiger partial charge in [0.1, 0.15) is 0 Å². The minimum Gasteiger partial charge on any atom is -0.399 e. The first kappa shape index (κ1) is 16.3. The van der Waals surface area contributed by atoms with Crippen LogP contribution in [0.25, 0.3) is 0 Å². The molecule has 0 amide bonds. The molecule has 0 bridgehead atoms. The molecule has 0 aliphatic carbocycles. The summed E-state index contributed by atoms with van der Waals surface area (Å²) in [6.07, 6.45) is 2.99. The Morgan fingerprint density at radius 2 is 2.14 bits per heavy atom. The maximum Gasteiger partial charge on any atom is 0.282 e. The number of piperidine rings is 1. The summed E-state index contributed by atoms with van der Waals surface area (Å²) in [4.78, 5) is 0. The fraction of sp³-hybridized carbons (Fsp3) is 0.600. The van der Waals surface area contributed by atoms with Crippen LogP contribution in [0.3, 0.4) is 0 Å². The highest BCUT2D eigenvalue weighted by Crippen LogP contribution is 2.23. The highest BCUT2D eigenvalue weighted by molar-refractivity contribution is 7.86. The predicted octanol–water partition coefficient (Wildman–Crippen LogP) is 2.21. The van der Waals surface area contributed by atoms with Crippen LogP contribution in [0.15, 0.2) is 24.3 Å². The zero-order chi connectivity index (χ0) is 15.5. The number of hydrogen-bond acceptors (Lipinski definition) is 3. The van der Waals surface area contributed by atoms with E-state index in [0.717, 1.165) is 24.8 Å². The number of rotatable bonds is 5. The maximum atomic E-state index is 12.8. The normalized spacial score (nSPS) is 20.8. The van der Waals surface area contributed by atoms with Crippen LogP contribution in [0.2, 0.25) is 0 Å². The Bertz CT molecular complexity index is 574. The quantitative estimate of drug-likeness (QED) is 0.848. The lowest BCUT2D eigenvalue weighted by Gasteiger charge is -2.36. The van der Waals surface area contributed by atoms with Crippen molar-refractivity contribution >= 4 is 15.9 Å². The third-order valence-corrected chi connectivity index (χ3v) is 6.20. The van der Waals surface area contributed by atoms with Crippen molar-refractivity contribution in [2.24, 2.45) is 0 Å². The Hall–Kier alpha value is -1.11. The fourth-order valence-corrected chi connectivity index (χ4v) is 4.67. The van der Waals surface area contributed by atoms with Crippen molar-refractivity contribution in [2.75, 3.05) is 18.8 Å². The first-order valence-corrected chi connectivity index (χ1v) is 8.96. The van der Waals surface area contributed by atoms with E-state index in [1.165, 1.54) is 4.31 Å². The smallest absolute Gasteiger partial charge is 0.282 e. The van der Waals surface area contributed by atoms with Gasteiger partial charge in [0.2, 0.25) is 0 Å². The molecule has 1 unspecified atom stereocenters. The second kappa shape index (κ2) is 6.77. The van der Waals surface area contributed by atoms with E-state index in [-0.39, 0.29) is 6.04 Å². The number of anilines is 1. The summed E-state index contributed by atoms with van der Waals surface area (Å²) in [5, 5.41) is 0. The summed E-state index contributed by atoms with van der Waals surface area (Å²) in [7, 11) is -3.41. The minimum absolute atomic E-state index is 0.0821. The first-order valence-electron chi connectivity index (χ1n) is 7.56. The molecule has 1 aliphatic rings. The lowest BCUT2D eigenvalue weighted by Crippen LogP contribution is -2.49. The van der Waals surface area contributed by atoms with E-state index < -0.39 is 10.2 Å². The van der Waals surface area contributed by atoms with Gasteiger partial charge in [-0.3, -0.25) is 0 Å². The molecular formula is C15H25N3O2S. The molecule has 0 saturated carbocycles. The van der Waals surface area contributed by atoms with Crippen LogP contribution in [0.1, 0.15) is 38.7 Å². The van der Waals surface area contributed by atoms with E-state index in [4.69, 9.17) is 5.73 Å². The van der Waals surface area contributed by atoms with Crippen molar-refractivity contribution in [3.63, 3.8) is 0 Å². The molecular weight excluding hydrogens is 286 g/mol. The summed E-state index contributed by atoms with van der Waals surface area (Å²) in [6.45, 7) is 5.31. The van der Waals surface area contributed by atoms with Gasteiger partial charge in [0, 0.05) is 31.4 Å². The van der Waals surface area contributed by atoms with Crippen molar-refractivity contribution in [3.8, 4) is 0 Å². The zero-order valence-corrected chi connectivity index (χ0v) is 13.6. The maximum absolute atomic E-state index is 12.8. The third kappa shape index (κ3) is 3.75. The summed E-state index contributed by atoms with van der Waals surface area (Å²) >= 11 is 0. The molecule has 2 rings (SSSR count). The van der Waals surface area contributed by atoms with Crippen LogP contribution in [0, 0.1) is 0 Å². The molecule has 1 saturated heterocycles. The van der Waals surface area contributed by atoms with Crippen LogP contribution >= 0.6 is 0 Å². The predicted molar refractivity (Wildman–Crippen MR) is 85.9 cm³/mol. The van der Waals surface area contributed by atoms with E-state index in [9.17, 15) is 8.42 Å². The van der Waals surface area contributed by atoms with E-state index in [1.807, 2.05) is 32.0 Å². The van der Waals surface area contributed by atoms with Gasteiger partial charge >= 0.3 is 0 Å². The lowest BCUT2D eigenvalue weighted by molar-refractivity contribution is 0.244. The van der Waals surface area contributed by atoms with Gasteiger partial charge in [0.15, 0.2) is 0 Å². The van der Waals surface area contributed by atoms with Gasteiger partial charge in [0.25, 0.3) is 10.2 Å². The molecule has 1 aromatic carbocycles. The Morgan fingerprint density at radius 3 is 2.76 bits per heavy atom. The molecule has 6 heteroatoms. The molecule has 1 aliphatic heterocycles. The van der Waals surface area contributed by atoms with Crippen molar-refractivity contribution < 1.29 is 8.42 Å². The van der Waals surface area contributed by atoms with Crippen LogP contribution in [0.4, 0.5) is 5.69 Å². The van der Waals surface area contributed by atoms with Gasteiger partial charge in [-0.25, -0.2) is 0 Å². The van der Waals surface area contributed by atoms with E-state index in [1.54, 1.807) is 10.4 Å². The second-order valence-electron chi connectivity index (χ2n) is 5.63. The van der Waals surface area contributed by atoms with E-state index in [2.05, 4.69) is 0 Å². The number of benzene rings is 1. The summed E-state index contributed by atoms with van der Waals surface area (Å²) in [5.41, 5.74) is 7.35. The average Bonchev–Trinajstić information content (AvgIpc) is 2.45. The Balaban J connectivity index is 2.19. The van der Waals surface area contributed by atoms with Gasteiger partial charge in [0.05, 0.1) is 0 Å². The van der Waals surface area contributed by atoms with Gasteiger partial charge in [-0.2, -0.15) is 17.0 Å². The fourth-order valence-electron chi connectivity index (χ4n) is 2.81. The topological polar surface area (TPSA) is 66.6 Å². The highest BCUT2D eigenvalue weighted by atomic mass is 32.2. The largest absolute Gasteiger partial charge is 0.399 e. The van der Waals surface area contributed by atoms with E-state index >= 15 is 0 Å². The van der Waals surface area contributed by atoms with Crippen LogP contribution < -0.4 is 5.73 Å². The van der Waals surface area contributed by atoms with Gasteiger partial charge in [-0.05, 0) is 37.5 Å². The number of nitrogens with two attached hydrogens (primary N) is 1. The molecule has 0 spiro atoms. The SMILES string of the molecule is CCN(Cc1cccc(N)c1)S(=O)(=O)N1CCCCC1C. The molecule has 1 atom stereocenters. The van der Waals surface area contributed by atoms with Crippen molar-refractivity contribution in [3.05, 3.63) is 29.8 Å². The number of nitrogen functional groups attached to an aromatic ring is 1. The molecule has 118 valence electrons. The van der Waals surface area contributed by atoms with Gasteiger partial charge in [-0.15, -0.1) is 0 Å². The number of nitrogens with zero attached hydrogens (tertiary/aromatic N) is 2. The standard InChI is InChI=1S/C15H25N3O2S/c1-3-17(12-14-8-6-9-15(16)11-14)21(19,20)18-10-5-4-7-13(18)2/h6,8-9,11,13H,3-5,7,10,12,16H2,1-2H3. The average molecular weight is 311 g/mol. The molecule has 21 heavy (non-hydrogen) atoms. The Labute approximate surface area is 127 Å². The van der Waals surface area contributed by atoms with Crippen LogP contribution in [0.5, 0.6) is 0 Å². The summed E-state index contributed by atoms with van der Waals surface area (Å²) in [5.74, 6) is 0. The molecule has 0 aromatic heterocycles. The zero-order valence-electron chi connectivity index (χ0n) is 12.8. The highest BCUT2D eigenvalue weighted by Gasteiger charge is 2.33. The van der Waals surface area contributed by atoms with E-state index in [0.29, 0.717) is 25.3 Å². The van der Waals surface area contributed by atoms with Crippen molar-refractivity contribution in [2.45, 2.75) is 45.7 Å². The molecule has 2 N–H and O–H groups in total. The van der Waals surface area contributed by atoms with Gasteiger partial charge < -0.3 is 5.73 Å². The second-order valence-corrected chi connectivity index (χ2v) is 7.52. The Morgan fingerprint density at radius 1 is 1.38 bits per heavy atom. The Kier molecular flexibility index (Phi) is 5.24. The number of hydrogen-bond donors (Lipinski definition) is 1. The van der Waals surface area contributed by atoms with Crippen LogP contribution in [-0.4, -0.2) is 36.2 Å². The monoisotopic (exact) mass is 311 g/mol. The van der Waals surface area contributed by atoms with Crippen LogP contribution in [-0.2, 0) is 16.8 Å².